The van der Waals surface area contributed by atoms with Gasteiger partial charge in [0.2, 0.25) is 11.8 Å². The molecule has 0 atom stereocenters. The van der Waals surface area contributed by atoms with E-state index in [9.17, 15) is 9.18 Å². The lowest BCUT2D eigenvalue weighted by molar-refractivity contribution is -0.130. The molecule has 2 aromatic carbocycles. The Bertz CT molecular complexity index is 981. The van der Waals surface area contributed by atoms with Gasteiger partial charge in [-0.05, 0) is 51.0 Å². The number of halogens is 1. The standard InChI is InChI=1S/C24H28FN3O2/c1-4-22-21(15-16-23(29)27(5-2)6-3)24(30-20-14-10-11-18(25)17-20)28(26-22)19-12-8-7-9-13-19/h7-14,17H,4-6,15-16H2,1-3H3. The van der Waals surface area contributed by atoms with E-state index in [4.69, 9.17) is 9.84 Å². The number of hydrogen-bond donors (Lipinski definition) is 0. The van der Waals surface area contributed by atoms with Gasteiger partial charge in [0.1, 0.15) is 11.6 Å². The zero-order valence-corrected chi connectivity index (χ0v) is 17.8. The average molecular weight is 410 g/mol. The summed E-state index contributed by atoms with van der Waals surface area (Å²) in [5.41, 5.74) is 2.60. The van der Waals surface area contributed by atoms with Gasteiger partial charge in [0.15, 0.2) is 0 Å². The lowest BCUT2D eigenvalue weighted by Crippen LogP contribution is -2.30. The first-order valence-corrected chi connectivity index (χ1v) is 10.4. The van der Waals surface area contributed by atoms with Crippen LogP contribution in [0.25, 0.3) is 5.69 Å². The number of nitrogens with zero attached hydrogens (tertiary/aromatic N) is 3. The summed E-state index contributed by atoms with van der Waals surface area (Å²) in [4.78, 5) is 14.4. The Kier molecular flexibility index (Phi) is 7.22. The van der Waals surface area contributed by atoms with E-state index < -0.39 is 0 Å². The summed E-state index contributed by atoms with van der Waals surface area (Å²) >= 11 is 0. The van der Waals surface area contributed by atoms with Crippen LogP contribution in [0.3, 0.4) is 0 Å². The molecule has 158 valence electrons. The molecule has 0 spiro atoms. The number of hydrogen-bond acceptors (Lipinski definition) is 3. The molecule has 0 aliphatic heterocycles. The van der Waals surface area contributed by atoms with Crippen LogP contribution in [0, 0.1) is 5.82 Å². The van der Waals surface area contributed by atoms with E-state index in [1.165, 1.54) is 12.1 Å². The largest absolute Gasteiger partial charge is 0.439 e. The molecule has 0 fully saturated rings. The predicted molar refractivity (Wildman–Crippen MR) is 116 cm³/mol. The summed E-state index contributed by atoms with van der Waals surface area (Å²) in [6, 6.07) is 15.7. The Morgan fingerprint density at radius 1 is 1.07 bits per heavy atom. The van der Waals surface area contributed by atoms with E-state index in [1.807, 2.05) is 56.0 Å². The number of amides is 1. The topological polar surface area (TPSA) is 47.4 Å². The van der Waals surface area contributed by atoms with E-state index in [1.54, 1.807) is 16.8 Å². The molecule has 3 aromatic rings. The quantitative estimate of drug-likeness (QED) is 0.490. The van der Waals surface area contributed by atoms with Crippen molar-refractivity contribution in [1.29, 1.82) is 0 Å². The van der Waals surface area contributed by atoms with Gasteiger partial charge < -0.3 is 9.64 Å². The second-order valence-corrected chi connectivity index (χ2v) is 6.96. The van der Waals surface area contributed by atoms with Gasteiger partial charge in [-0.1, -0.05) is 31.2 Å². The van der Waals surface area contributed by atoms with Gasteiger partial charge >= 0.3 is 0 Å². The second-order valence-electron chi connectivity index (χ2n) is 6.96. The third-order valence-electron chi connectivity index (χ3n) is 5.07. The zero-order valence-electron chi connectivity index (χ0n) is 17.8. The van der Waals surface area contributed by atoms with E-state index in [2.05, 4.69) is 0 Å². The highest BCUT2D eigenvalue weighted by atomic mass is 19.1. The van der Waals surface area contributed by atoms with Crippen LogP contribution in [0.4, 0.5) is 4.39 Å². The van der Waals surface area contributed by atoms with Gasteiger partial charge in [-0.25, -0.2) is 9.07 Å². The maximum absolute atomic E-state index is 13.7. The number of para-hydroxylation sites is 1. The van der Waals surface area contributed by atoms with Crippen LogP contribution in [0.15, 0.2) is 54.6 Å². The van der Waals surface area contributed by atoms with Crippen molar-refractivity contribution in [1.82, 2.24) is 14.7 Å². The summed E-state index contributed by atoms with van der Waals surface area (Å²) in [6.45, 7) is 7.35. The van der Waals surface area contributed by atoms with Crippen molar-refractivity contribution in [3.8, 4) is 17.3 Å². The van der Waals surface area contributed by atoms with Crippen LogP contribution in [-0.2, 0) is 17.6 Å². The Morgan fingerprint density at radius 2 is 1.80 bits per heavy atom. The van der Waals surface area contributed by atoms with Gasteiger partial charge in [0.25, 0.3) is 0 Å². The summed E-state index contributed by atoms with van der Waals surface area (Å²) in [5.74, 6) is 0.653. The number of carbonyl (C=O) groups excluding carboxylic acids is 1. The molecule has 30 heavy (non-hydrogen) atoms. The SMILES string of the molecule is CCc1nn(-c2ccccc2)c(Oc2cccc(F)c2)c1CCC(=O)N(CC)CC. The highest BCUT2D eigenvalue weighted by Crippen LogP contribution is 2.32. The Hall–Kier alpha value is -3.15. The number of ether oxygens (including phenoxy) is 1. The first-order chi connectivity index (χ1) is 14.6. The highest BCUT2D eigenvalue weighted by molar-refractivity contribution is 5.76. The third-order valence-corrected chi connectivity index (χ3v) is 5.07. The van der Waals surface area contributed by atoms with Crippen molar-refractivity contribution in [2.75, 3.05) is 13.1 Å². The highest BCUT2D eigenvalue weighted by Gasteiger charge is 2.22. The molecule has 0 aliphatic carbocycles. The molecule has 0 unspecified atom stereocenters. The maximum Gasteiger partial charge on any atom is 0.226 e. The summed E-state index contributed by atoms with van der Waals surface area (Å²) < 4.78 is 21.6. The Labute approximate surface area is 177 Å². The van der Waals surface area contributed by atoms with Crippen molar-refractivity contribution in [2.24, 2.45) is 0 Å². The minimum atomic E-state index is -0.368. The first-order valence-electron chi connectivity index (χ1n) is 10.4. The molecular formula is C24H28FN3O2. The number of aromatic nitrogens is 2. The van der Waals surface area contributed by atoms with Crippen LogP contribution in [-0.4, -0.2) is 33.7 Å². The maximum atomic E-state index is 13.7. The molecule has 5 nitrogen and oxygen atoms in total. The van der Waals surface area contributed by atoms with Gasteiger partial charge in [0, 0.05) is 31.1 Å². The van der Waals surface area contributed by atoms with Crippen molar-refractivity contribution < 1.29 is 13.9 Å². The van der Waals surface area contributed by atoms with Crippen molar-refractivity contribution in [3.63, 3.8) is 0 Å². The number of benzene rings is 2. The van der Waals surface area contributed by atoms with Gasteiger partial charge in [-0.3, -0.25) is 4.79 Å². The lowest BCUT2D eigenvalue weighted by Gasteiger charge is -2.18. The fraction of sp³-hybridized carbons (Fsp3) is 0.333. The van der Waals surface area contributed by atoms with E-state index >= 15 is 0 Å². The van der Waals surface area contributed by atoms with Crippen molar-refractivity contribution in [2.45, 2.75) is 40.0 Å². The third kappa shape index (κ3) is 4.87. The van der Waals surface area contributed by atoms with Crippen LogP contribution in [0.2, 0.25) is 0 Å². The molecule has 1 aromatic heterocycles. The number of rotatable bonds is 9. The van der Waals surface area contributed by atoms with E-state index in [0.717, 1.165) is 16.9 Å². The molecule has 3 rings (SSSR count). The zero-order chi connectivity index (χ0) is 21.5. The van der Waals surface area contributed by atoms with E-state index in [-0.39, 0.29) is 11.7 Å². The minimum Gasteiger partial charge on any atom is -0.439 e. The number of aryl methyl sites for hydroxylation is 1. The van der Waals surface area contributed by atoms with Crippen molar-refractivity contribution in [3.05, 3.63) is 71.7 Å². The summed E-state index contributed by atoms with van der Waals surface area (Å²) in [6.07, 6.45) is 1.58. The molecule has 0 aliphatic rings. The van der Waals surface area contributed by atoms with Gasteiger partial charge in [0.05, 0.1) is 11.4 Å². The molecule has 0 saturated heterocycles. The van der Waals surface area contributed by atoms with Crippen LogP contribution in [0.1, 0.15) is 38.4 Å². The average Bonchev–Trinajstić information content (AvgIpc) is 3.11. The molecule has 0 radical (unpaired) electrons. The first kappa shape index (κ1) is 21.6. The molecule has 0 bridgehead atoms. The fourth-order valence-electron chi connectivity index (χ4n) is 3.47. The van der Waals surface area contributed by atoms with Crippen molar-refractivity contribution >= 4 is 5.91 Å². The van der Waals surface area contributed by atoms with Gasteiger partial charge in [-0.15, -0.1) is 0 Å². The van der Waals surface area contributed by atoms with Crippen LogP contribution < -0.4 is 4.74 Å². The Morgan fingerprint density at radius 3 is 2.43 bits per heavy atom. The smallest absolute Gasteiger partial charge is 0.226 e. The molecule has 1 heterocycles. The normalized spacial score (nSPS) is 10.8. The molecule has 1 amide bonds. The summed E-state index contributed by atoms with van der Waals surface area (Å²) in [5, 5.41) is 4.75. The monoisotopic (exact) mass is 409 g/mol. The van der Waals surface area contributed by atoms with Crippen LogP contribution in [0.5, 0.6) is 11.6 Å². The van der Waals surface area contributed by atoms with Crippen LogP contribution >= 0.6 is 0 Å². The fourth-order valence-corrected chi connectivity index (χ4v) is 3.47. The minimum absolute atomic E-state index is 0.103. The predicted octanol–water partition coefficient (Wildman–Crippen LogP) is 5.17. The molecular weight excluding hydrogens is 381 g/mol. The lowest BCUT2D eigenvalue weighted by atomic mass is 10.1. The molecule has 0 N–H and O–H groups in total. The number of carbonyl (C=O) groups is 1. The van der Waals surface area contributed by atoms with Gasteiger partial charge in [-0.2, -0.15) is 5.10 Å². The Balaban J connectivity index is 2.01. The molecule has 0 saturated carbocycles. The van der Waals surface area contributed by atoms with E-state index in [0.29, 0.717) is 44.0 Å². The molecule has 6 heteroatoms. The second kappa shape index (κ2) is 10.1. The summed E-state index contributed by atoms with van der Waals surface area (Å²) in [7, 11) is 0.